The smallest absolute Gasteiger partial charge is 0.273 e. The maximum absolute atomic E-state index is 12.7. The number of carbonyl (C=O) groups excluding carboxylic acids is 2. The van der Waals surface area contributed by atoms with Crippen molar-refractivity contribution in [2.45, 2.75) is 39.7 Å². The highest BCUT2D eigenvalue weighted by molar-refractivity contribution is 5.98. The molecule has 0 fully saturated rings. The van der Waals surface area contributed by atoms with Gasteiger partial charge >= 0.3 is 0 Å². The topological polar surface area (TPSA) is 67.4 Å². The van der Waals surface area contributed by atoms with Crippen LogP contribution in [0, 0.1) is 5.92 Å². The van der Waals surface area contributed by atoms with Crippen LogP contribution in [0.1, 0.15) is 53.7 Å². The summed E-state index contributed by atoms with van der Waals surface area (Å²) in [5, 5.41) is 0. The fourth-order valence-electron chi connectivity index (χ4n) is 3.37. The third-order valence-corrected chi connectivity index (χ3v) is 5.19. The summed E-state index contributed by atoms with van der Waals surface area (Å²) in [7, 11) is 0. The summed E-state index contributed by atoms with van der Waals surface area (Å²) in [6.45, 7) is 6.52. The second-order valence-electron chi connectivity index (χ2n) is 8.28. The molecule has 0 aromatic heterocycles. The Morgan fingerprint density at radius 2 is 1.44 bits per heavy atom. The third-order valence-electron chi connectivity index (χ3n) is 5.19. The highest BCUT2D eigenvalue weighted by Crippen LogP contribution is 2.20. The van der Waals surface area contributed by atoms with E-state index in [1.807, 2.05) is 49.4 Å². The first-order chi connectivity index (χ1) is 15.4. The van der Waals surface area contributed by atoms with Gasteiger partial charge in [0.15, 0.2) is 0 Å². The average molecular weight is 431 g/mol. The van der Waals surface area contributed by atoms with Crippen LogP contribution in [-0.2, 0) is 17.8 Å². The molecule has 32 heavy (non-hydrogen) atoms. The first-order valence-electron chi connectivity index (χ1n) is 10.9. The molecule has 166 valence electrons. The SMILES string of the molecule is CC(C)Cc1ccc(C(C)C(=O)NNC(=O)c2ccccc2OCc2ccccc2)cc1. The van der Waals surface area contributed by atoms with Crippen molar-refractivity contribution in [1.82, 2.24) is 10.9 Å². The van der Waals surface area contributed by atoms with E-state index in [0.717, 1.165) is 17.5 Å². The second kappa shape index (κ2) is 11.1. The van der Waals surface area contributed by atoms with Gasteiger partial charge in [-0.05, 0) is 48.1 Å². The van der Waals surface area contributed by atoms with Crippen molar-refractivity contribution < 1.29 is 14.3 Å². The van der Waals surface area contributed by atoms with Gasteiger partial charge in [-0.3, -0.25) is 20.4 Å². The molecule has 1 atom stereocenters. The number of nitrogens with one attached hydrogen (secondary N) is 2. The lowest BCUT2D eigenvalue weighted by Crippen LogP contribution is -2.43. The largest absolute Gasteiger partial charge is 0.488 e. The average Bonchev–Trinajstić information content (AvgIpc) is 2.81. The number of amides is 2. The number of hydrogen-bond donors (Lipinski definition) is 2. The summed E-state index contributed by atoms with van der Waals surface area (Å²) in [6.07, 6.45) is 1.00. The van der Waals surface area contributed by atoms with Gasteiger partial charge in [0.1, 0.15) is 12.4 Å². The molecule has 3 aromatic rings. The molecule has 0 aliphatic heterocycles. The van der Waals surface area contributed by atoms with E-state index in [0.29, 0.717) is 23.8 Å². The number of hydrazine groups is 1. The Morgan fingerprint density at radius 1 is 0.781 bits per heavy atom. The number of benzene rings is 3. The fraction of sp³-hybridized carbons (Fsp3) is 0.259. The van der Waals surface area contributed by atoms with Gasteiger partial charge in [-0.2, -0.15) is 0 Å². The van der Waals surface area contributed by atoms with Crippen molar-refractivity contribution in [3.63, 3.8) is 0 Å². The van der Waals surface area contributed by atoms with Crippen LogP contribution in [0.25, 0.3) is 0 Å². The summed E-state index contributed by atoms with van der Waals surface area (Å²) >= 11 is 0. The maximum atomic E-state index is 12.7. The first-order valence-corrected chi connectivity index (χ1v) is 10.9. The molecule has 0 saturated heterocycles. The minimum atomic E-state index is -0.429. The highest BCUT2D eigenvalue weighted by atomic mass is 16.5. The predicted octanol–water partition coefficient (Wildman–Crippen LogP) is 5.03. The van der Waals surface area contributed by atoms with Crippen molar-refractivity contribution in [3.8, 4) is 5.75 Å². The van der Waals surface area contributed by atoms with Gasteiger partial charge in [-0.1, -0.05) is 80.6 Å². The monoisotopic (exact) mass is 430 g/mol. The van der Waals surface area contributed by atoms with Crippen LogP contribution in [0.5, 0.6) is 5.75 Å². The van der Waals surface area contributed by atoms with Crippen molar-refractivity contribution in [1.29, 1.82) is 0 Å². The number of hydrogen-bond acceptors (Lipinski definition) is 3. The van der Waals surface area contributed by atoms with Gasteiger partial charge in [0.05, 0.1) is 11.5 Å². The number of ether oxygens (including phenoxy) is 1. The highest BCUT2D eigenvalue weighted by Gasteiger charge is 2.18. The Morgan fingerprint density at radius 3 is 2.12 bits per heavy atom. The minimum absolute atomic E-state index is 0.280. The van der Waals surface area contributed by atoms with Gasteiger partial charge in [0, 0.05) is 0 Å². The van der Waals surface area contributed by atoms with E-state index in [1.165, 1.54) is 5.56 Å². The predicted molar refractivity (Wildman–Crippen MR) is 126 cm³/mol. The van der Waals surface area contributed by atoms with Crippen molar-refractivity contribution in [2.75, 3.05) is 0 Å². The zero-order valence-electron chi connectivity index (χ0n) is 18.8. The molecular formula is C27H30N2O3. The summed E-state index contributed by atoms with van der Waals surface area (Å²) in [6, 6.07) is 24.7. The number of carbonyl (C=O) groups is 2. The van der Waals surface area contributed by atoms with Crippen LogP contribution in [0.4, 0.5) is 0 Å². The maximum Gasteiger partial charge on any atom is 0.273 e. The van der Waals surface area contributed by atoms with Crippen LogP contribution >= 0.6 is 0 Å². The van der Waals surface area contributed by atoms with Crippen LogP contribution in [0.3, 0.4) is 0 Å². The van der Waals surface area contributed by atoms with Crippen molar-refractivity contribution in [3.05, 3.63) is 101 Å². The lowest BCUT2D eigenvalue weighted by Gasteiger charge is -2.15. The van der Waals surface area contributed by atoms with Crippen LogP contribution in [0.2, 0.25) is 0 Å². The lowest BCUT2D eigenvalue weighted by molar-refractivity contribution is -0.123. The molecule has 2 N–H and O–H groups in total. The molecule has 0 saturated carbocycles. The summed E-state index contributed by atoms with van der Waals surface area (Å²) in [5.74, 6) is -0.0691. The summed E-state index contributed by atoms with van der Waals surface area (Å²) in [4.78, 5) is 25.3. The van der Waals surface area contributed by atoms with Crippen molar-refractivity contribution in [2.24, 2.45) is 5.92 Å². The van der Waals surface area contributed by atoms with E-state index in [1.54, 1.807) is 24.3 Å². The molecule has 0 bridgehead atoms. The Labute approximate surface area is 189 Å². The van der Waals surface area contributed by atoms with Gasteiger partial charge in [-0.25, -0.2) is 0 Å². The Bertz CT molecular complexity index is 1030. The Hall–Kier alpha value is -3.60. The minimum Gasteiger partial charge on any atom is -0.488 e. The van der Waals surface area contributed by atoms with Gasteiger partial charge in [0.2, 0.25) is 5.91 Å². The molecule has 0 radical (unpaired) electrons. The summed E-state index contributed by atoms with van der Waals surface area (Å²) in [5.41, 5.74) is 8.55. The summed E-state index contributed by atoms with van der Waals surface area (Å²) < 4.78 is 5.83. The molecule has 3 aromatic carbocycles. The van der Waals surface area contributed by atoms with Gasteiger partial charge in [-0.15, -0.1) is 0 Å². The van der Waals surface area contributed by atoms with E-state index in [2.05, 4.69) is 36.8 Å². The van der Waals surface area contributed by atoms with Gasteiger partial charge < -0.3 is 4.74 Å². The Balaban J connectivity index is 1.57. The molecular weight excluding hydrogens is 400 g/mol. The van der Waals surface area contributed by atoms with Gasteiger partial charge in [0.25, 0.3) is 5.91 Å². The van der Waals surface area contributed by atoms with E-state index in [4.69, 9.17) is 4.74 Å². The second-order valence-corrected chi connectivity index (χ2v) is 8.28. The first kappa shape index (κ1) is 23.1. The van der Waals surface area contributed by atoms with Crippen LogP contribution < -0.4 is 15.6 Å². The van der Waals surface area contributed by atoms with Crippen LogP contribution in [0.15, 0.2) is 78.9 Å². The standard InChI is InChI=1S/C27H30N2O3/c1-19(2)17-21-13-15-23(16-14-21)20(3)26(30)28-29-27(31)24-11-7-8-12-25(24)32-18-22-9-5-4-6-10-22/h4-16,19-20H,17-18H2,1-3H3,(H,28,30)(H,29,31). The molecule has 0 aliphatic carbocycles. The zero-order valence-corrected chi connectivity index (χ0v) is 18.8. The molecule has 0 spiro atoms. The molecule has 0 aliphatic rings. The molecule has 0 heterocycles. The van der Waals surface area contributed by atoms with E-state index >= 15 is 0 Å². The molecule has 5 heteroatoms. The van der Waals surface area contributed by atoms with Crippen molar-refractivity contribution >= 4 is 11.8 Å². The van der Waals surface area contributed by atoms with E-state index < -0.39 is 11.8 Å². The normalized spacial score (nSPS) is 11.6. The number of para-hydroxylation sites is 1. The molecule has 1 unspecified atom stereocenters. The van der Waals surface area contributed by atoms with Crippen LogP contribution in [-0.4, -0.2) is 11.8 Å². The Kier molecular flexibility index (Phi) is 8.03. The zero-order chi connectivity index (χ0) is 22.9. The molecule has 2 amide bonds. The lowest BCUT2D eigenvalue weighted by atomic mass is 9.96. The number of rotatable bonds is 8. The quantitative estimate of drug-likeness (QED) is 0.493. The van der Waals surface area contributed by atoms with E-state index in [9.17, 15) is 9.59 Å². The third kappa shape index (κ3) is 6.45. The molecule has 3 rings (SSSR count). The fourth-order valence-corrected chi connectivity index (χ4v) is 3.37. The van der Waals surface area contributed by atoms with E-state index in [-0.39, 0.29) is 5.91 Å². The molecule has 5 nitrogen and oxygen atoms in total.